The molecule has 62 heavy (non-hydrogen) atoms. The molecule has 0 spiro atoms. The maximum absolute atomic E-state index is 5.10. The van der Waals surface area contributed by atoms with Gasteiger partial charge in [0, 0.05) is 16.7 Å². The van der Waals surface area contributed by atoms with Gasteiger partial charge in [-0.1, -0.05) is 237 Å². The van der Waals surface area contributed by atoms with Crippen molar-refractivity contribution in [2.24, 2.45) is 0 Å². The van der Waals surface area contributed by atoms with Crippen molar-refractivity contribution in [3.05, 3.63) is 282 Å². The first kappa shape index (κ1) is 37.0. The minimum absolute atomic E-state index is 0.626. The quantitative estimate of drug-likeness (QED) is 0.154. The SMILES string of the molecule is c1ccc(-c2nc(-c3ccccc3)nc(-c3cccc(-c4ccc5c(c4)C(c4ccccc4)(c4ccccc4)C(c4ccccc4)(c4ccccc4)c4ccccc4-5)c3)n2)cc1. The van der Waals surface area contributed by atoms with E-state index in [2.05, 4.69) is 188 Å². The topological polar surface area (TPSA) is 38.7 Å². The molecule has 0 bridgehead atoms. The Morgan fingerprint density at radius 3 is 1.05 bits per heavy atom. The zero-order chi connectivity index (χ0) is 41.4. The zero-order valence-corrected chi connectivity index (χ0v) is 34.0. The Labute approximate surface area is 362 Å². The number of hydrogen-bond acceptors (Lipinski definition) is 3. The van der Waals surface area contributed by atoms with Crippen LogP contribution < -0.4 is 0 Å². The lowest BCUT2D eigenvalue weighted by atomic mass is 9.43. The summed E-state index contributed by atoms with van der Waals surface area (Å²) in [5.41, 5.74) is 13.4. The Morgan fingerprint density at radius 2 is 0.565 bits per heavy atom. The highest BCUT2D eigenvalue weighted by Gasteiger charge is 2.61. The molecule has 0 atom stereocenters. The van der Waals surface area contributed by atoms with Crippen LogP contribution in [-0.4, -0.2) is 15.0 Å². The van der Waals surface area contributed by atoms with E-state index in [1.54, 1.807) is 0 Å². The molecule has 292 valence electrons. The second-order valence-electron chi connectivity index (χ2n) is 15.9. The summed E-state index contributed by atoms with van der Waals surface area (Å²) >= 11 is 0. The summed E-state index contributed by atoms with van der Waals surface area (Å²) < 4.78 is 0. The number of aromatic nitrogens is 3. The first-order valence-electron chi connectivity index (χ1n) is 21.2. The van der Waals surface area contributed by atoms with Gasteiger partial charge >= 0.3 is 0 Å². The van der Waals surface area contributed by atoms with Crippen LogP contribution in [0.4, 0.5) is 0 Å². The van der Waals surface area contributed by atoms with E-state index in [1.165, 1.54) is 44.5 Å². The fraction of sp³-hybridized carbons (Fsp3) is 0.0339. The first-order valence-corrected chi connectivity index (χ1v) is 21.2. The lowest BCUT2D eigenvalue weighted by Gasteiger charge is -2.57. The highest BCUT2D eigenvalue weighted by atomic mass is 15.0. The van der Waals surface area contributed by atoms with E-state index in [1.807, 2.05) is 60.7 Å². The molecule has 1 heterocycles. The Bertz CT molecular complexity index is 3010. The number of fused-ring (bicyclic) bond motifs is 3. The molecule has 0 saturated heterocycles. The molecule has 0 fully saturated rings. The van der Waals surface area contributed by atoms with Crippen LogP contribution in [-0.2, 0) is 10.8 Å². The van der Waals surface area contributed by atoms with Gasteiger partial charge in [0.2, 0.25) is 0 Å². The lowest BCUT2D eigenvalue weighted by Crippen LogP contribution is -2.54. The van der Waals surface area contributed by atoms with Crippen LogP contribution in [0.3, 0.4) is 0 Å². The van der Waals surface area contributed by atoms with Gasteiger partial charge in [-0.25, -0.2) is 15.0 Å². The molecule has 11 rings (SSSR count). The van der Waals surface area contributed by atoms with Gasteiger partial charge in [0.15, 0.2) is 17.5 Å². The van der Waals surface area contributed by atoms with Crippen molar-refractivity contribution >= 4 is 0 Å². The van der Waals surface area contributed by atoms with Gasteiger partial charge in [-0.3, -0.25) is 0 Å². The summed E-state index contributed by atoms with van der Waals surface area (Å²) in [7, 11) is 0. The fourth-order valence-electron chi connectivity index (χ4n) is 10.1. The molecule has 3 heteroatoms. The molecule has 0 saturated carbocycles. The highest BCUT2D eigenvalue weighted by molar-refractivity contribution is 5.88. The number of benzene rings is 9. The van der Waals surface area contributed by atoms with Crippen LogP contribution in [0.2, 0.25) is 0 Å². The lowest BCUT2D eigenvalue weighted by molar-refractivity contribution is 0.415. The maximum atomic E-state index is 5.10. The summed E-state index contributed by atoms with van der Waals surface area (Å²) in [5.74, 6) is 1.91. The summed E-state index contributed by atoms with van der Waals surface area (Å²) in [6.45, 7) is 0. The van der Waals surface area contributed by atoms with Crippen molar-refractivity contribution in [3.63, 3.8) is 0 Å². The molecule has 1 aromatic heterocycles. The normalized spacial score (nSPS) is 13.4. The molecular formula is C59H41N3. The summed E-state index contributed by atoms with van der Waals surface area (Å²) in [5, 5.41) is 0. The minimum Gasteiger partial charge on any atom is -0.208 e. The molecule has 1 aliphatic carbocycles. The third-order valence-corrected chi connectivity index (χ3v) is 12.6. The van der Waals surface area contributed by atoms with E-state index in [0.29, 0.717) is 17.5 Å². The van der Waals surface area contributed by atoms with E-state index in [9.17, 15) is 0 Å². The minimum atomic E-state index is -0.737. The maximum Gasteiger partial charge on any atom is 0.164 e. The first-order chi connectivity index (χ1) is 30.7. The predicted octanol–water partition coefficient (Wildman–Crippen LogP) is 13.9. The van der Waals surface area contributed by atoms with E-state index in [0.717, 1.165) is 27.8 Å². The largest absolute Gasteiger partial charge is 0.208 e. The predicted molar refractivity (Wildman–Crippen MR) is 253 cm³/mol. The van der Waals surface area contributed by atoms with Gasteiger partial charge < -0.3 is 0 Å². The van der Waals surface area contributed by atoms with E-state index >= 15 is 0 Å². The molecule has 9 aromatic carbocycles. The summed E-state index contributed by atoms with van der Waals surface area (Å²) in [6.07, 6.45) is 0. The van der Waals surface area contributed by atoms with Crippen molar-refractivity contribution in [1.82, 2.24) is 15.0 Å². The van der Waals surface area contributed by atoms with Crippen molar-refractivity contribution in [1.29, 1.82) is 0 Å². The molecule has 0 N–H and O–H groups in total. The molecule has 0 unspecified atom stereocenters. The second-order valence-corrected chi connectivity index (χ2v) is 15.9. The molecule has 3 nitrogen and oxygen atoms in total. The monoisotopic (exact) mass is 791 g/mol. The average Bonchev–Trinajstić information content (AvgIpc) is 3.37. The third kappa shape index (κ3) is 5.93. The number of rotatable bonds is 8. The molecule has 0 amide bonds. The van der Waals surface area contributed by atoms with Crippen molar-refractivity contribution in [2.45, 2.75) is 10.8 Å². The standard InChI is InChI=1S/C59H41N3/c1-7-22-42(23-8-1)55-60-56(43-24-9-2-10-25-43)62-57(61-55)46-27-21-26-44(40-46)45-38-39-52-51-36-19-20-37-53(51)58(47-28-11-3-12-29-47,48-30-13-4-14-31-48)59(54(52)41-45,49-32-15-5-16-33-49)50-34-17-6-18-35-50/h1-41H. The van der Waals surface area contributed by atoms with E-state index < -0.39 is 10.8 Å². The second kappa shape index (κ2) is 15.5. The molecular weight excluding hydrogens is 751 g/mol. The van der Waals surface area contributed by atoms with Crippen LogP contribution in [0, 0.1) is 0 Å². The van der Waals surface area contributed by atoms with Crippen LogP contribution in [0.1, 0.15) is 33.4 Å². The van der Waals surface area contributed by atoms with E-state index in [4.69, 9.17) is 15.0 Å². The van der Waals surface area contributed by atoms with Gasteiger partial charge in [0.1, 0.15) is 0 Å². The number of hydrogen-bond donors (Lipinski definition) is 0. The number of nitrogens with zero attached hydrogens (tertiary/aromatic N) is 3. The van der Waals surface area contributed by atoms with Crippen LogP contribution in [0.5, 0.6) is 0 Å². The zero-order valence-electron chi connectivity index (χ0n) is 34.0. The van der Waals surface area contributed by atoms with Crippen molar-refractivity contribution in [3.8, 4) is 56.4 Å². The van der Waals surface area contributed by atoms with E-state index in [-0.39, 0.29) is 0 Å². The summed E-state index contributed by atoms with van der Waals surface area (Å²) in [4.78, 5) is 15.2. The van der Waals surface area contributed by atoms with Crippen LogP contribution in [0.25, 0.3) is 56.4 Å². The molecule has 0 radical (unpaired) electrons. The fourth-order valence-corrected chi connectivity index (χ4v) is 10.1. The van der Waals surface area contributed by atoms with Crippen molar-refractivity contribution in [2.75, 3.05) is 0 Å². The van der Waals surface area contributed by atoms with Gasteiger partial charge in [0.25, 0.3) is 0 Å². The highest BCUT2D eigenvalue weighted by Crippen LogP contribution is 2.65. The Morgan fingerprint density at radius 1 is 0.226 bits per heavy atom. The Kier molecular flexibility index (Phi) is 9.28. The summed E-state index contributed by atoms with van der Waals surface area (Å²) in [6, 6.07) is 89.7. The smallest absolute Gasteiger partial charge is 0.164 e. The van der Waals surface area contributed by atoms with Crippen LogP contribution in [0.15, 0.2) is 249 Å². The molecule has 1 aliphatic rings. The average molecular weight is 792 g/mol. The molecule has 0 aliphatic heterocycles. The third-order valence-electron chi connectivity index (χ3n) is 12.6. The van der Waals surface area contributed by atoms with Crippen molar-refractivity contribution < 1.29 is 0 Å². The Hall–Kier alpha value is -8.01. The molecule has 10 aromatic rings. The van der Waals surface area contributed by atoms with Gasteiger partial charge in [-0.2, -0.15) is 0 Å². The van der Waals surface area contributed by atoms with Gasteiger partial charge in [-0.05, 0) is 67.8 Å². The van der Waals surface area contributed by atoms with Crippen LogP contribution >= 0.6 is 0 Å². The Balaban J connectivity index is 1.20. The van der Waals surface area contributed by atoms with Gasteiger partial charge in [0.05, 0.1) is 10.8 Å². The van der Waals surface area contributed by atoms with Gasteiger partial charge in [-0.15, -0.1) is 0 Å².